The van der Waals surface area contributed by atoms with Crippen LogP contribution in [0.25, 0.3) is 0 Å². The van der Waals surface area contributed by atoms with Crippen LogP contribution in [0.3, 0.4) is 0 Å². The molecular weight excluding hydrogens is 184 g/mol. The zero-order valence-corrected chi connectivity index (χ0v) is 15.2. The third kappa shape index (κ3) is 74.1. The SMILES string of the molecule is [Na+].[Na+].[Na+].[Na+].[O-][Si-]([O-])[O-].[OH-]. The summed E-state index contributed by atoms with van der Waals surface area (Å²) in [6.45, 7) is 0. The van der Waals surface area contributed by atoms with Gasteiger partial charge in [-0.2, -0.15) is 0 Å². The first kappa shape index (κ1) is 38.1. The van der Waals surface area contributed by atoms with Gasteiger partial charge >= 0.3 is 118 Å². The van der Waals surface area contributed by atoms with Crippen molar-refractivity contribution in [3.8, 4) is 0 Å². The third-order valence-corrected chi connectivity index (χ3v) is 0. The van der Waals surface area contributed by atoms with Crippen LogP contribution in [0.4, 0.5) is 0 Å². The van der Waals surface area contributed by atoms with E-state index < -0.39 is 9.53 Å². The van der Waals surface area contributed by atoms with E-state index >= 15 is 0 Å². The molecule has 1 N–H and O–H groups in total. The van der Waals surface area contributed by atoms with Crippen molar-refractivity contribution in [3.05, 3.63) is 0 Å². The average molecular weight is 185 g/mol. The quantitative estimate of drug-likeness (QED) is 0.350. The molecule has 0 aromatic carbocycles. The molecule has 0 amide bonds. The summed E-state index contributed by atoms with van der Waals surface area (Å²) in [6.07, 6.45) is 0. The maximum Gasteiger partial charge on any atom is 1.00 e. The number of hydrogen-bond donors (Lipinski definition) is 0. The molecule has 0 saturated heterocycles. The predicted octanol–water partition coefficient (Wildman–Crippen LogP) is -16.1. The van der Waals surface area contributed by atoms with E-state index in [1.54, 1.807) is 0 Å². The summed E-state index contributed by atoms with van der Waals surface area (Å²) in [5, 5.41) is 0. The molecule has 4 nitrogen and oxygen atoms in total. The summed E-state index contributed by atoms with van der Waals surface area (Å²) in [5.41, 5.74) is 0. The van der Waals surface area contributed by atoms with E-state index in [1.165, 1.54) is 0 Å². The molecule has 0 atom stereocenters. The van der Waals surface area contributed by atoms with Gasteiger partial charge in [-0.15, -0.1) is 0 Å². The number of rotatable bonds is 0. The average Bonchev–Trinajstić information content (AvgIpc) is 0.811. The van der Waals surface area contributed by atoms with Gasteiger partial charge in [0.25, 0.3) is 0 Å². The minimum Gasteiger partial charge on any atom is -1.05 e. The Hall–Kier alpha value is 4.06. The normalized spacial score (nSPS) is 4.00. The standard InChI is InChI=1S/4Na.O3Si.H2O/c;;;;1-4(2)3;/h;;;;;1H2/q4*+1;-4;/p-1. The summed E-state index contributed by atoms with van der Waals surface area (Å²) in [7, 11) is -3.63. The first-order valence-corrected chi connectivity index (χ1v) is 1.84. The van der Waals surface area contributed by atoms with Gasteiger partial charge in [-0.25, -0.2) is 0 Å². The summed E-state index contributed by atoms with van der Waals surface area (Å²) >= 11 is 0. The molecule has 0 aliphatic heterocycles. The minimum atomic E-state index is -3.63. The molecule has 9 heavy (non-hydrogen) atoms. The zero-order valence-electron chi connectivity index (χ0n) is 6.17. The molecule has 0 heterocycles. The molecule has 0 aliphatic carbocycles. The van der Waals surface area contributed by atoms with Crippen molar-refractivity contribution < 1.29 is 138 Å². The van der Waals surface area contributed by atoms with Crippen molar-refractivity contribution in [1.29, 1.82) is 0 Å². The van der Waals surface area contributed by atoms with Gasteiger partial charge in [-0.1, -0.05) is 0 Å². The van der Waals surface area contributed by atoms with Crippen LogP contribution in [-0.2, 0) is 0 Å². The van der Waals surface area contributed by atoms with Crippen LogP contribution < -0.4 is 133 Å². The largest absolute Gasteiger partial charge is 1.05 e. The Bertz CT molecular complexity index is 17.3. The van der Waals surface area contributed by atoms with Gasteiger partial charge in [0.15, 0.2) is 0 Å². The molecule has 0 aromatic heterocycles. The van der Waals surface area contributed by atoms with E-state index in [0.29, 0.717) is 0 Å². The number of hydrogen-bond acceptors (Lipinski definition) is 4. The third-order valence-electron chi connectivity index (χ3n) is 0. The fourth-order valence-corrected chi connectivity index (χ4v) is 0. The first-order chi connectivity index (χ1) is 1.73. The molecule has 0 fully saturated rings. The van der Waals surface area contributed by atoms with Crippen LogP contribution in [0.5, 0.6) is 0 Å². The van der Waals surface area contributed by atoms with E-state index in [1.807, 2.05) is 0 Å². The fraction of sp³-hybridized carbons (Fsp3) is 0. The smallest absolute Gasteiger partial charge is 1.00 e. The van der Waals surface area contributed by atoms with E-state index in [-0.39, 0.29) is 124 Å². The van der Waals surface area contributed by atoms with E-state index in [9.17, 15) is 0 Å². The van der Waals surface area contributed by atoms with Crippen molar-refractivity contribution >= 4 is 9.53 Å². The maximum absolute atomic E-state index is 8.52. The first-order valence-electron chi connectivity index (χ1n) is 0.612. The van der Waals surface area contributed by atoms with Crippen molar-refractivity contribution in [3.63, 3.8) is 0 Å². The molecule has 0 saturated carbocycles. The Morgan fingerprint density at radius 2 is 0.667 bits per heavy atom. The van der Waals surface area contributed by atoms with Gasteiger partial charge in [0, 0.05) is 0 Å². The Balaban J connectivity index is -0.00000000450. The van der Waals surface area contributed by atoms with Gasteiger partial charge in [-0.3, -0.25) is 0 Å². The predicted molar refractivity (Wildman–Crippen MR) is 7.69 cm³/mol. The van der Waals surface area contributed by atoms with Gasteiger partial charge in [0.2, 0.25) is 0 Å². The van der Waals surface area contributed by atoms with Crippen molar-refractivity contribution in [2.75, 3.05) is 0 Å². The Labute approximate surface area is 144 Å². The van der Waals surface area contributed by atoms with Crippen LogP contribution in [-0.4, -0.2) is 15.0 Å². The fourth-order valence-electron chi connectivity index (χ4n) is 0. The maximum atomic E-state index is 8.52. The summed E-state index contributed by atoms with van der Waals surface area (Å²) in [4.78, 5) is 25.6. The van der Waals surface area contributed by atoms with Crippen molar-refractivity contribution in [1.82, 2.24) is 0 Å². The molecule has 9 heteroatoms. The molecule has 0 aromatic rings. The second-order valence-corrected chi connectivity index (χ2v) is 0.750. The van der Waals surface area contributed by atoms with E-state index in [2.05, 4.69) is 0 Å². The van der Waals surface area contributed by atoms with E-state index in [0.717, 1.165) is 0 Å². The topological polar surface area (TPSA) is 99.2 Å². The molecule has 0 spiro atoms. The summed E-state index contributed by atoms with van der Waals surface area (Å²) in [5.74, 6) is 0. The van der Waals surface area contributed by atoms with Gasteiger partial charge in [0.05, 0.1) is 0 Å². The molecule has 0 radical (unpaired) electrons. The molecule has 0 rings (SSSR count). The second kappa shape index (κ2) is 29.6. The Morgan fingerprint density at radius 3 is 0.667 bits per heavy atom. The van der Waals surface area contributed by atoms with Crippen LogP contribution in [0, 0.1) is 0 Å². The molecule has 0 bridgehead atoms. The van der Waals surface area contributed by atoms with E-state index in [4.69, 9.17) is 14.4 Å². The molecule has 34 valence electrons. The second-order valence-electron chi connectivity index (χ2n) is 0.250. The zero-order chi connectivity index (χ0) is 3.58. The van der Waals surface area contributed by atoms with Crippen LogP contribution in [0.15, 0.2) is 0 Å². The van der Waals surface area contributed by atoms with Gasteiger partial charge in [-0.05, 0) is 0 Å². The van der Waals surface area contributed by atoms with Crippen LogP contribution in [0.2, 0.25) is 0 Å². The Morgan fingerprint density at radius 1 is 0.667 bits per heavy atom. The summed E-state index contributed by atoms with van der Waals surface area (Å²) < 4.78 is 0. The van der Waals surface area contributed by atoms with Crippen molar-refractivity contribution in [2.45, 2.75) is 0 Å². The monoisotopic (exact) mass is 185 g/mol. The molecular formula is HNa4O4Si-. The van der Waals surface area contributed by atoms with Gasteiger partial charge in [0.1, 0.15) is 0 Å². The van der Waals surface area contributed by atoms with Crippen LogP contribution >= 0.6 is 0 Å². The van der Waals surface area contributed by atoms with Crippen molar-refractivity contribution in [2.24, 2.45) is 0 Å². The summed E-state index contributed by atoms with van der Waals surface area (Å²) in [6, 6.07) is 0. The Kier molecular flexibility index (Phi) is 125. The minimum absolute atomic E-state index is 0. The molecule has 0 unspecified atom stereocenters. The van der Waals surface area contributed by atoms with Crippen LogP contribution in [0.1, 0.15) is 0 Å². The molecule has 0 aliphatic rings. The van der Waals surface area contributed by atoms with Gasteiger partial charge < -0.3 is 29.4 Å².